The number of carbonyl (C=O) groups is 1. The third-order valence-corrected chi connectivity index (χ3v) is 3.76. The lowest BCUT2D eigenvalue weighted by Gasteiger charge is -2.14. The number of hydrogen-bond acceptors (Lipinski definition) is 4. The summed E-state index contributed by atoms with van der Waals surface area (Å²) >= 11 is 0. The summed E-state index contributed by atoms with van der Waals surface area (Å²) < 4.78 is 5.64. The highest BCUT2D eigenvalue weighted by Gasteiger charge is 2.14. The number of aryl methyl sites for hydroxylation is 1. The van der Waals surface area contributed by atoms with Gasteiger partial charge in [-0.25, -0.2) is 0 Å². The van der Waals surface area contributed by atoms with Gasteiger partial charge in [0.1, 0.15) is 0 Å². The zero-order valence-electron chi connectivity index (χ0n) is 13.8. The van der Waals surface area contributed by atoms with Crippen molar-refractivity contribution in [3.8, 4) is 11.5 Å². The molecule has 0 unspecified atom stereocenters. The van der Waals surface area contributed by atoms with Gasteiger partial charge in [-0.15, -0.1) is 10.2 Å². The molecule has 5 heteroatoms. The van der Waals surface area contributed by atoms with E-state index in [0.29, 0.717) is 24.7 Å². The Kier molecular flexibility index (Phi) is 4.70. The number of hydrogen-bond donors (Lipinski definition) is 0. The number of nitrogens with zero attached hydrogens (tertiary/aromatic N) is 3. The molecule has 0 bridgehead atoms. The molecular formula is C19H19N3O2. The average molecular weight is 321 g/mol. The lowest BCUT2D eigenvalue weighted by atomic mass is 10.1. The summed E-state index contributed by atoms with van der Waals surface area (Å²) in [5.74, 6) is 0.900. The molecule has 0 aliphatic rings. The van der Waals surface area contributed by atoms with Crippen LogP contribution in [0.25, 0.3) is 11.5 Å². The van der Waals surface area contributed by atoms with Crippen molar-refractivity contribution in [2.45, 2.75) is 19.9 Å². The number of rotatable bonds is 5. The minimum atomic E-state index is 0.0123. The molecule has 0 fully saturated rings. The Morgan fingerprint density at radius 1 is 1.04 bits per heavy atom. The monoisotopic (exact) mass is 321 g/mol. The highest BCUT2D eigenvalue weighted by Crippen LogP contribution is 2.17. The zero-order chi connectivity index (χ0) is 16.9. The summed E-state index contributed by atoms with van der Waals surface area (Å²) in [4.78, 5) is 13.9. The number of aromatic nitrogens is 2. The van der Waals surface area contributed by atoms with Gasteiger partial charge in [0.25, 0.3) is 0 Å². The predicted molar refractivity (Wildman–Crippen MR) is 91.1 cm³/mol. The van der Waals surface area contributed by atoms with E-state index in [0.717, 1.165) is 11.1 Å². The third kappa shape index (κ3) is 3.87. The van der Waals surface area contributed by atoms with Crippen molar-refractivity contribution < 1.29 is 9.21 Å². The van der Waals surface area contributed by atoms with E-state index >= 15 is 0 Å². The molecule has 122 valence electrons. The number of amides is 1. The van der Waals surface area contributed by atoms with Gasteiger partial charge in [-0.1, -0.05) is 48.0 Å². The first-order valence-electron chi connectivity index (χ1n) is 7.79. The highest BCUT2D eigenvalue weighted by molar-refractivity contribution is 5.78. The molecule has 24 heavy (non-hydrogen) atoms. The molecule has 0 radical (unpaired) electrons. The van der Waals surface area contributed by atoms with Crippen LogP contribution in [0.1, 0.15) is 17.0 Å². The van der Waals surface area contributed by atoms with E-state index in [4.69, 9.17) is 4.42 Å². The van der Waals surface area contributed by atoms with Gasteiger partial charge in [-0.3, -0.25) is 4.79 Å². The van der Waals surface area contributed by atoms with Crippen molar-refractivity contribution in [3.05, 3.63) is 71.6 Å². The molecule has 3 aromatic rings. The molecule has 0 saturated carbocycles. The number of likely N-dealkylation sites (N-methyl/N-ethyl adjacent to an activating group) is 1. The van der Waals surface area contributed by atoms with Crippen LogP contribution in [0.2, 0.25) is 0 Å². The summed E-state index contributed by atoms with van der Waals surface area (Å²) in [6, 6.07) is 17.5. The van der Waals surface area contributed by atoms with E-state index in [1.165, 1.54) is 5.56 Å². The minimum absolute atomic E-state index is 0.0123. The van der Waals surface area contributed by atoms with Crippen LogP contribution in [0, 0.1) is 6.92 Å². The van der Waals surface area contributed by atoms with Crippen LogP contribution in [0.5, 0.6) is 0 Å². The molecule has 1 aromatic heterocycles. The number of benzene rings is 2. The van der Waals surface area contributed by atoms with Crippen LogP contribution >= 0.6 is 0 Å². The Hall–Kier alpha value is -2.95. The van der Waals surface area contributed by atoms with Crippen molar-refractivity contribution >= 4 is 5.91 Å². The molecule has 0 N–H and O–H groups in total. The minimum Gasteiger partial charge on any atom is -0.419 e. The van der Waals surface area contributed by atoms with Crippen LogP contribution in [-0.4, -0.2) is 28.1 Å². The summed E-state index contributed by atoms with van der Waals surface area (Å²) in [6.07, 6.45) is 0.358. The maximum Gasteiger partial charge on any atom is 0.247 e. The quantitative estimate of drug-likeness (QED) is 0.724. The Balaban J connectivity index is 1.62. The zero-order valence-corrected chi connectivity index (χ0v) is 13.8. The second-order valence-corrected chi connectivity index (χ2v) is 5.78. The maximum absolute atomic E-state index is 12.3. The van der Waals surface area contributed by atoms with Gasteiger partial charge >= 0.3 is 0 Å². The van der Waals surface area contributed by atoms with E-state index in [2.05, 4.69) is 10.2 Å². The maximum atomic E-state index is 12.3. The van der Waals surface area contributed by atoms with E-state index in [9.17, 15) is 4.79 Å². The average Bonchev–Trinajstić information content (AvgIpc) is 3.06. The number of carbonyl (C=O) groups excluding carboxylic acids is 1. The second kappa shape index (κ2) is 7.08. The molecular weight excluding hydrogens is 302 g/mol. The Morgan fingerprint density at radius 2 is 1.75 bits per heavy atom. The van der Waals surface area contributed by atoms with Gasteiger partial charge in [-0.2, -0.15) is 0 Å². The van der Waals surface area contributed by atoms with Gasteiger partial charge in [0.2, 0.25) is 17.7 Å². The van der Waals surface area contributed by atoms with Crippen molar-refractivity contribution in [2.75, 3.05) is 7.05 Å². The van der Waals surface area contributed by atoms with Crippen LogP contribution < -0.4 is 0 Å². The molecule has 1 amide bonds. The fourth-order valence-electron chi connectivity index (χ4n) is 2.32. The first kappa shape index (κ1) is 15.9. The smallest absolute Gasteiger partial charge is 0.247 e. The van der Waals surface area contributed by atoms with Gasteiger partial charge in [0.15, 0.2) is 0 Å². The second-order valence-electron chi connectivity index (χ2n) is 5.78. The van der Waals surface area contributed by atoms with E-state index in [1.807, 2.05) is 61.5 Å². The van der Waals surface area contributed by atoms with Crippen LogP contribution in [0.3, 0.4) is 0 Å². The van der Waals surface area contributed by atoms with E-state index in [1.54, 1.807) is 11.9 Å². The van der Waals surface area contributed by atoms with Crippen molar-refractivity contribution in [2.24, 2.45) is 0 Å². The molecule has 0 atom stereocenters. The molecule has 5 nitrogen and oxygen atoms in total. The molecule has 3 rings (SSSR count). The third-order valence-electron chi connectivity index (χ3n) is 3.76. The summed E-state index contributed by atoms with van der Waals surface area (Å²) in [6.45, 7) is 2.32. The summed E-state index contributed by atoms with van der Waals surface area (Å²) in [5.41, 5.74) is 3.04. The molecule has 0 aliphatic heterocycles. The lowest BCUT2D eigenvalue weighted by Crippen LogP contribution is -2.27. The molecule has 2 aromatic carbocycles. The Morgan fingerprint density at radius 3 is 2.46 bits per heavy atom. The Labute approximate surface area is 140 Å². The van der Waals surface area contributed by atoms with E-state index in [-0.39, 0.29) is 5.91 Å². The van der Waals surface area contributed by atoms with Crippen molar-refractivity contribution in [1.29, 1.82) is 0 Å². The normalized spacial score (nSPS) is 10.6. The van der Waals surface area contributed by atoms with Gasteiger partial charge in [0.05, 0.1) is 13.0 Å². The molecule has 0 saturated heterocycles. The largest absolute Gasteiger partial charge is 0.419 e. The fraction of sp³-hybridized carbons (Fsp3) is 0.211. The molecule has 0 spiro atoms. The topological polar surface area (TPSA) is 59.2 Å². The first-order chi connectivity index (χ1) is 11.6. The van der Waals surface area contributed by atoms with Crippen LogP contribution in [0.15, 0.2) is 59.0 Å². The van der Waals surface area contributed by atoms with Gasteiger partial charge in [0, 0.05) is 12.6 Å². The first-order valence-corrected chi connectivity index (χ1v) is 7.79. The van der Waals surface area contributed by atoms with Crippen molar-refractivity contribution in [3.63, 3.8) is 0 Å². The predicted octanol–water partition coefficient (Wildman–Crippen LogP) is 3.25. The van der Waals surface area contributed by atoms with E-state index < -0.39 is 0 Å². The fourth-order valence-corrected chi connectivity index (χ4v) is 2.32. The van der Waals surface area contributed by atoms with Gasteiger partial charge in [-0.05, 0) is 24.6 Å². The van der Waals surface area contributed by atoms with Crippen molar-refractivity contribution in [1.82, 2.24) is 15.1 Å². The lowest BCUT2D eigenvalue weighted by molar-refractivity contribution is -0.130. The highest BCUT2D eigenvalue weighted by atomic mass is 16.4. The summed E-state index contributed by atoms with van der Waals surface area (Å²) in [5, 5.41) is 8.06. The van der Waals surface area contributed by atoms with Gasteiger partial charge < -0.3 is 9.32 Å². The summed E-state index contributed by atoms with van der Waals surface area (Å²) in [7, 11) is 1.74. The standard InChI is InChI=1S/C19H19N3O2/c1-14-8-10-15(11-9-14)12-18(23)22(2)13-17-20-21-19(24-17)16-6-4-3-5-7-16/h3-11H,12-13H2,1-2H3. The SMILES string of the molecule is Cc1ccc(CC(=O)N(C)Cc2nnc(-c3ccccc3)o2)cc1. The van der Waals surface area contributed by atoms with Crippen LogP contribution in [0.4, 0.5) is 0 Å². The molecule has 1 heterocycles. The Bertz CT molecular complexity index is 810. The van der Waals surface area contributed by atoms with Crippen LogP contribution in [-0.2, 0) is 17.8 Å². The molecule has 0 aliphatic carbocycles.